The lowest BCUT2D eigenvalue weighted by Crippen LogP contribution is -2.31. The van der Waals surface area contributed by atoms with Gasteiger partial charge < -0.3 is 19.7 Å². The number of hydrogen-bond acceptors (Lipinski definition) is 4. The Morgan fingerprint density at radius 1 is 1.06 bits per heavy atom. The molecule has 1 aliphatic heterocycles. The Kier molecular flexibility index (Phi) is 5.82. The van der Waals surface area contributed by atoms with Crippen LogP contribution in [0.5, 0.6) is 5.75 Å². The van der Waals surface area contributed by atoms with Crippen LogP contribution in [0.1, 0.15) is 22.7 Å². The topological polar surface area (TPSA) is 82.6 Å². The molecule has 0 saturated carbocycles. The molecule has 2 heterocycles. The van der Waals surface area contributed by atoms with E-state index in [2.05, 4.69) is 4.98 Å². The molecule has 0 spiro atoms. The first kappa shape index (κ1) is 22.4. The van der Waals surface area contributed by atoms with Crippen molar-refractivity contribution < 1.29 is 23.8 Å². The van der Waals surface area contributed by atoms with Gasteiger partial charge in [-0.3, -0.25) is 9.59 Å². The highest BCUT2D eigenvalue weighted by molar-refractivity contribution is 6.46. The summed E-state index contributed by atoms with van der Waals surface area (Å²) in [5.74, 6) is -1.58. The van der Waals surface area contributed by atoms with Crippen molar-refractivity contribution in [2.24, 2.45) is 0 Å². The van der Waals surface area contributed by atoms with Crippen LogP contribution in [0.25, 0.3) is 16.7 Å². The molecule has 7 heteroatoms. The molecule has 5 rings (SSSR count). The molecule has 1 aromatic heterocycles. The summed E-state index contributed by atoms with van der Waals surface area (Å²) in [5.41, 5.74) is 2.65. The summed E-state index contributed by atoms with van der Waals surface area (Å²) < 4.78 is 19.5. The molecule has 0 radical (unpaired) electrons. The second kappa shape index (κ2) is 9.10. The number of aromatic amines is 1. The first-order chi connectivity index (χ1) is 17.0. The van der Waals surface area contributed by atoms with Crippen LogP contribution in [-0.4, -0.2) is 40.3 Å². The maximum Gasteiger partial charge on any atom is 0.295 e. The molecule has 1 aliphatic rings. The molecule has 1 fully saturated rings. The lowest BCUT2D eigenvalue weighted by molar-refractivity contribution is -0.139. The van der Waals surface area contributed by atoms with E-state index >= 15 is 0 Å². The minimum atomic E-state index is -0.911. The first-order valence-electron chi connectivity index (χ1n) is 11.2. The molecule has 35 heavy (non-hydrogen) atoms. The third kappa shape index (κ3) is 4.05. The standard InChI is InChI=1S/C28H23FN2O4/c1-35-21-10-11-23-22(15-21)19(16-30-23)12-13-31-25(18-8-5-9-20(29)14-18)24(27(33)28(31)34)26(32)17-6-3-2-4-7-17/h2-11,14-16,25,30,32H,12-13H2,1H3/t25-/m1/s1. The number of Topliss-reactive ketones (excluding diaryl/α,β-unsaturated/α-hetero) is 1. The van der Waals surface area contributed by atoms with Crippen LogP contribution >= 0.6 is 0 Å². The number of ketones is 1. The van der Waals surface area contributed by atoms with Crippen molar-refractivity contribution in [3.05, 3.63) is 107 Å². The van der Waals surface area contributed by atoms with Crippen LogP contribution in [0.15, 0.2) is 84.6 Å². The molecule has 4 aromatic rings. The van der Waals surface area contributed by atoms with E-state index in [1.54, 1.807) is 43.5 Å². The zero-order valence-corrected chi connectivity index (χ0v) is 19.0. The smallest absolute Gasteiger partial charge is 0.295 e. The number of benzene rings is 3. The minimum Gasteiger partial charge on any atom is -0.507 e. The summed E-state index contributed by atoms with van der Waals surface area (Å²) in [6.45, 7) is 0.196. The quantitative estimate of drug-likeness (QED) is 0.237. The number of rotatable bonds is 6. The number of nitrogens with one attached hydrogen (secondary N) is 1. The van der Waals surface area contributed by atoms with Crippen molar-refractivity contribution in [3.63, 3.8) is 0 Å². The predicted octanol–water partition coefficient (Wildman–Crippen LogP) is 4.98. The van der Waals surface area contributed by atoms with Crippen molar-refractivity contribution in [1.82, 2.24) is 9.88 Å². The number of halogens is 1. The van der Waals surface area contributed by atoms with Crippen LogP contribution in [0, 0.1) is 5.82 Å². The number of methoxy groups -OCH3 is 1. The molecular weight excluding hydrogens is 447 g/mol. The number of H-pyrrole nitrogens is 1. The molecular formula is C28H23FN2O4. The average Bonchev–Trinajstić information content (AvgIpc) is 3.40. The number of aliphatic hydroxyl groups excluding tert-OH is 1. The summed E-state index contributed by atoms with van der Waals surface area (Å²) in [5, 5.41) is 12.0. The fourth-order valence-corrected chi connectivity index (χ4v) is 4.62. The van der Waals surface area contributed by atoms with Gasteiger partial charge in [-0.2, -0.15) is 0 Å². The Labute approximate surface area is 201 Å². The van der Waals surface area contributed by atoms with Crippen molar-refractivity contribution in [3.8, 4) is 5.75 Å². The third-order valence-electron chi connectivity index (χ3n) is 6.35. The van der Waals surface area contributed by atoms with E-state index in [9.17, 15) is 19.1 Å². The van der Waals surface area contributed by atoms with Gasteiger partial charge in [0.15, 0.2) is 0 Å². The number of fused-ring (bicyclic) bond motifs is 1. The summed E-state index contributed by atoms with van der Waals surface area (Å²) in [6.07, 6.45) is 2.30. The van der Waals surface area contributed by atoms with E-state index in [0.717, 1.165) is 16.5 Å². The zero-order chi connectivity index (χ0) is 24.5. The number of ether oxygens (including phenoxy) is 1. The van der Waals surface area contributed by atoms with Gasteiger partial charge in [-0.15, -0.1) is 0 Å². The molecule has 1 atom stereocenters. The molecule has 1 amide bonds. The average molecular weight is 471 g/mol. The van der Waals surface area contributed by atoms with E-state index < -0.39 is 23.5 Å². The van der Waals surface area contributed by atoms with Crippen molar-refractivity contribution in [1.29, 1.82) is 0 Å². The van der Waals surface area contributed by atoms with E-state index in [4.69, 9.17) is 4.74 Å². The molecule has 6 nitrogen and oxygen atoms in total. The maximum atomic E-state index is 14.2. The highest BCUT2D eigenvalue weighted by Gasteiger charge is 2.46. The predicted molar refractivity (Wildman–Crippen MR) is 130 cm³/mol. The largest absolute Gasteiger partial charge is 0.507 e. The molecule has 3 aromatic carbocycles. The van der Waals surface area contributed by atoms with Crippen molar-refractivity contribution >= 4 is 28.4 Å². The SMILES string of the molecule is COc1ccc2[nH]cc(CCN3C(=O)C(=O)C(=C(O)c4ccccc4)[C@H]3c3cccc(F)c3)c2c1. The molecule has 0 unspecified atom stereocenters. The monoisotopic (exact) mass is 470 g/mol. The number of aromatic nitrogens is 1. The summed E-state index contributed by atoms with van der Waals surface area (Å²) in [6, 6.07) is 19.1. The van der Waals surface area contributed by atoms with Gasteiger partial charge in [-0.1, -0.05) is 42.5 Å². The Hall–Kier alpha value is -4.39. The van der Waals surface area contributed by atoms with Gasteiger partial charge in [-0.25, -0.2) is 4.39 Å². The number of nitrogens with zero attached hydrogens (tertiary/aromatic N) is 1. The van der Waals surface area contributed by atoms with Crippen LogP contribution in [-0.2, 0) is 16.0 Å². The Morgan fingerprint density at radius 3 is 2.60 bits per heavy atom. The van der Waals surface area contributed by atoms with Gasteiger partial charge in [-0.05, 0) is 47.9 Å². The summed E-state index contributed by atoms with van der Waals surface area (Å²) in [7, 11) is 1.60. The van der Waals surface area contributed by atoms with Crippen LogP contribution in [0.2, 0.25) is 0 Å². The normalized spacial score (nSPS) is 17.3. The molecule has 2 N–H and O–H groups in total. The van der Waals surface area contributed by atoms with Crippen LogP contribution in [0.3, 0.4) is 0 Å². The van der Waals surface area contributed by atoms with Crippen LogP contribution in [0.4, 0.5) is 4.39 Å². The Morgan fingerprint density at radius 2 is 1.86 bits per heavy atom. The zero-order valence-electron chi connectivity index (χ0n) is 19.0. The van der Waals surface area contributed by atoms with Crippen molar-refractivity contribution in [2.75, 3.05) is 13.7 Å². The maximum absolute atomic E-state index is 14.2. The number of carbonyl (C=O) groups is 2. The van der Waals surface area contributed by atoms with Gasteiger partial charge in [0.1, 0.15) is 17.3 Å². The number of amides is 1. The van der Waals surface area contributed by atoms with E-state index in [1.165, 1.54) is 23.1 Å². The number of aliphatic hydroxyl groups is 1. The van der Waals surface area contributed by atoms with E-state index in [1.807, 2.05) is 24.4 Å². The fourth-order valence-electron chi connectivity index (χ4n) is 4.62. The highest BCUT2D eigenvalue weighted by atomic mass is 19.1. The van der Waals surface area contributed by atoms with Crippen molar-refractivity contribution in [2.45, 2.75) is 12.5 Å². The van der Waals surface area contributed by atoms with Gasteiger partial charge >= 0.3 is 0 Å². The highest BCUT2D eigenvalue weighted by Crippen LogP contribution is 2.39. The third-order valence-corrected chi connectivity index (χ3v) is 6.35. The van der Waals surface area contributed by atoms with Gasteiger partial charge in [0.2, 0.25) is 0 Å². The van der Waals surface area contributed by atoms with Gasteiger partial charge in [0.05, 0.1) is 18.7 Å². The Balaban J connectivity index is 1.55. The lowest BCUT2D eigenvalue weighted by atomic mass is 9.95. The van der Waals surface area contributed by atoms with E-state index in [0.29, 0.717) is 23.3 Å². The molecule has 0 bridgehead atoms. The van der Waals surface area contributed by atoms with Crippen LogP contribution < -0.4 is 4.74 Å². The summed E-state index contributed by atoms with van der Waals surface area (Å²) in [4.78, 5) is 30.9. The van der Waals surface area contributed by atoms with E-state index in [-0.39, 0.29) is 17.9 Å². The number of hydrogen-bond donors (Lipinski definition) is 2. The number of carbonyl (C=O) groups excluding carboxylic acids is 2. The minimum absolute atomic E-state index is 0.0487. The number of likely N-dealkylation sites (tertiary alicyclic amines) is 1. The van der Waals surface area contributed by atoms with Gasteiger partial charge in [0, 0.05) is 29.2 Å². The molecule has 0 aliphatic carbocycles. The second-order valence-corrected chi connectivity index (χ2v) is 8.39. The Bertz CT molecular complexity index is 1460. The molecule has 176 valence electrons. The second-order valence-electron chi connectivity index (χ2n) is 8.39. The van der Waals surface area contributed by atoms with Gasteiger partial charge in [0.25, 0.3) is 11.7 Å². The molecule has 1 saturated heterocycles. The first-order valence-corrected chi connectivity index (χ1v) is 11.2. The summed E-state index contributed by atoms with van der Waals surface area (Å²) >= 11 is 0. The lowest BCUT2D eigenvalue weighted by Gasteiger charge is -2.25. The fraction of sp³-hybridized carbons (Fsp3) is 0.143.